The molecule has 0 saturated heterocycles. The van der Waals surface area contributed by atoms with E-state index in [2.05, 4.69) is 5.32 Å². The maximum absolute atomic E-state index is 13.3. The van der Waals surface area contributed by atoms with Crippen LogP contribution >= 0.6 is 0 Å². The summed E-state index contributed by atoms with van der Waals surface area (Å²) in [4.78, 5) is 27.1. The summed E-state index contributed by atoms with van der Waals surface area (Å²) < 4.78 is 78.2. The minimum absolute atomic E-state index is 0.00914. The Hall–Kier alpha value is -3.15. The van der Waals surface area contributed by atoms with Gasteiger partial charge in [0.25, 0.3) is 0 Å². The third-order valence-electron chi connectivity index (χ3n) is 5.48. The molecule has 0 aromatic heterocycles. The van der Waals surface area contributed by atoms with Gasteiger partial charge in [-0.25, -0.2) is 12.8 Å². The molecule has 204 valence electrons. The van der Waals surface area contributed by atoms with Gasteiger partial charge in [-0.1, -0.05) is 18.2 Å². The standard InChI is InChI=1S/C25H31F4N3O4S/c1-17(2)30-24(34)18(3)31(16-19-10-12-21(26)13-11-19)23(33)9-6-14-32(37(4,35)36)22-8-5-7-20(15-22)25(27,28)29/h5,7-8,10-13,15,17-18H,6,9,14,16H2,1-4H3,(H,30,34). The van der Waals surface area contributed by atoms with Gasteiger partial charge < -0.3 is 10.2 Å². The number of nitrogens with one attached hydrogen (secondary N) is 1. The number of halogens is 4. The molecule has 37 heavy (non-hydrogen) atoms. The predicted octanol–water partition coefficient (Wildman–Crippen LogP) is 4.33. The fraction of sp³-hybridized carbons (Fsp3) is 0.440. The number of carbonyl (C=O) groups is 2. The first kappa shape index (κ1) is 30.1. The second-order valence-electron chi connectivity index (χ2n) is 8.97. The van der Waals surface area contributed by atoms with Crippen LogP contribution < -0.4 is 9.62 Å². The number of benzene rings is 2. The smallest absolute Gasteiger partial charge is 0.352 e. The van der Waals surface area contributed by atoms with Gasteiger partial charge in [0.05, 0.1) is 17.5 Å². The zero-order chi connectivity index (χ0) is 28.0. The van der Waals surface area contributed by atoms with Crippen LogP contribution in [0.15, 0.2) is 48.5 Å². The molecule has 2 rings (SSSR count). The van der Waals surface area contributed by atoms with E-state index in [1.807, 2.05) is 0 Å². The number of carbonyl (C=O) groups excluding carboxylic acids is 2. The Morgan fingerprint density at radius 3 is 2.19 bits per heavy atom. The summed E-state index contributed by atoms with van der Waals surface area (Å²) >= 11 is 0. The highest BCUT2D eigenvalue weighted by molar-refractivity contribution is 7.92. The van der Waals surface area contributed by atoms with Gasteiger partial charge in [0.1, 0.15) is 11.9 Å². The molecular formula is C25H31F4N3O4S. The van der Waals surface area contributed by atoms with Crippen molar-refractivity contribution in [3.8, 4) is 0 Å². The van der Waals surface area contributed by atoms with Crippen molar-refractivity contribution in [2.45, 2.75) is 58.4 Å². The lowest BCUT2D eigenvalue weighted by atomic mass is 10.1. The maximum Gasteiger partial charge on any atom is 0.416 e. The van der Waals surface area contributed by atoms with E-state index in [1.54, 1.807) is 20.8 Å². The summed E-state index contributed by atoms with van der Waals surface area (Å²) in [7, 11) is -3.95. The molecule has 0 bridgehead atoms. The number of alkyl halides is 3. The average Bonchev–Trinajstić information content (AvgIpc) is 2.79. The summed E-state index contributed by atoms with van der Waals surface area (Å²) in [5, 5.41) is 2.73. The van der Waals surface area contributed by atoms with Crippen molar-refractivity contribution >= 4 is 27.5 Å². The Bertz CT molecular complexity index is 1190. The van der Waals surface area contributed by atoms with Crippen LogP contribution in [0.5, 0.6) is 0 Å². The number of nitrogens with zero attached hydrogens (tertiary/aromatic N) is 2. The van der Waals surface area contributed by atoms with Crippen LogP contribution in [0, 0.1) is 5.82 Å². The van der Waals surface area contributed by atoms with Crippen LogP contribution in [-0.2, 0) is 32.3 Å². The number of hydrogen-bond donors (Lipinski definition) is 1. The Kier molecular flexibility index (Phi) is 10.1. The molecule has 1 N–H and O–H groups in total. The lowest BCUT2D eigenvalue weighted by Gasteiger charge is -2.30. The van der Waals surface area contributed by atoms with Crippen molar-refractivity contribution in [2.24, 2.45) is 0 Å². The second kappa shape index (κ2) is 12.4. The summed E-state index contributed by atoms with van der Waals surface area (Å²) in [5.41, 5.74) is -0.580. The first-order valence-corrected chi connectivity index (χ1v) is 13.4. The Balaban J connectivity index is 2.21. The number of sulfonamides is 1. The summed E-state index contributed by atoms with van der Waals surface area (Å²) in [5.74, 6) is -1.32. The summed E-state index contributed by atoms with van der Waals surface area (Å²) in [6, 6.07) is 8.32. The van der Waals surface area contributed by atoms with Gasteiger partial charge in [-0.2, -0.15) is 13.2 Å². The van der Waals surface area contributed by atoms with Crippen LogP contribution in [-0.4, -0.2) is 50.0 Å². The zero-order valence-electron chi connectivity index (χ0n) is 21.0. The molecule has 0 aliphatic carbocycles. The lowest BCUT2D eigenvalue weighted by Crippen LogP contribution is -2.49. The van der Waals surface area contributed by atoms with E-state index in [1.165, 1.54) is 35.2 Å². The highest BCUT2D eigenvalue weighted by Gasteiger charge is 2.32. The molecule has 7 nitrogen and oxygen atoms in total. The first-order valence-electron chi connectivity index (χ1n) is 11.6. The number of hydrogen-bond acceptors (Lipinski definition) is 4. The van der Waals surface area contributed by atoms with Crippen LogP contribution in [0.2, 0.25) is 0 Å². The summed E-state index contributed by atoms with van der Waals surface area (Å²) in [6.45, 7) is 4.84. The third-order valence-corrected chi connectivity index (χ3v) is 6.67. The van der Waals surface area contributed by atoms with Crippen molar-refractivity contribution in [2.75, 3.05) is 17.1 Å². The average molecular weight is 546 g/mol. The minimum atomic E-state index is -4.65. The molecule has 0 radical (unpaired) electrons. The lowest BCUT2D eigenvalue weighted by molar-refractivity contribution is -0.140. The SMILES string of the molecule is CC(C)NC(=O)C(C)N(Cc1ccc(F)cc1)C(=O)CCCN(c1cccc(C(F)(F)F)c1)S(C)(=O)=O. The van der Waals surface area contributed by atoms with E-state index in [9.17, 15) is 35.6 Å². The molecule has 0 aliphatic heterocycles. The van der Waals surface area contributed by atoms with Gasteiger partial charge in [0, 0.05) is 25.6 Å². The normalized spacial score (nSPS) is 12.8. The van der Waals surface area contributed by atoms with Gasteiger partial charge in [0.2, 0.25) is 21.8 Å². The first-order chi connectivity index (χ1) is 17.1. The molecule has 0 spiro atoms. The van der Waals surface area contributed by atoms with Crippen LogP contribution in [0.1, 0.15) is 44.7 Å². The van der Waals surface area contributed by atoms with Crippen molar-refractivity contribution in [3.05, 3.63) is 65.5 Å². The van der Waals surface area contributed by atoms with E-state index in [0.717, 1.165) is 28.8 Å². The Labute approximate surface area is 214 Å². The topological polar surface area (TPSA) is 86.8 Å². The van der Waals surface area contributed by atoms with Crippen LogP contribution in [0.4, 0.5) is 23.2 Å². The summed E-state index contributed by atoms with van der Waals surface area (Å²) in [6.07, 6.45) is -3.97. The minimum Gasteiger partial charge on any atom is -0.352 e. The number of anilines is 1. The van der Waals surface area contributed by atoms with Gasteiger partial charge in [-0.05, 0) is 63.1 Å². The van der Waals surface area contributed by atoms with Crippen LogP contribution in [0.25, 0.3) is 0 Å². The molecular weight excluding hydrogens is 514 g/mol. The van der Waals surface area contributed by atoms with Gasteiger partial charge in [-0.15, -0.1) is 0 Å². The molecule has 0 saturated carbocycles. The Morgan fingerprint density at radius 1 is 1.03 bits per heavy atom. The molecule has 12 heteroatoms. The fourth-order valence-corrected chi connectivity index (χ4v) is 4.57. The number of amides is 2. The maximum atomic E-state index is 13.3. The third kappa shape index (κ3) is 9.03. The highest BCUT2D eigenvalue weighted by Crippen LogP contribution is 2.32. The molecule has 2 aromatic rings. The highest BCUT2D eigenvalue weighted by atomic mass is 32.2. The Morgan fingerprint density at radius 2 is 1.65 bits per heavy atom. The molecule has 0 aliphatic rings. The quantitative estimate of drug-likeness (QED) is 0.426. The monoisotopic (exact) mass is 545 g/mol. The zero-order valence-corrected chi connectivity index (χ0v) is 21.9. The van der Waals surface area contributed by atoms with Gasteiger partial charge >= 0.3 is 6.18 Å². The van der Waals surface area contributed by atoms with E-state index >= 15 is 0 Å². The molecule has 0 heterocycles. The van der Waals surface area contributed by atoms with E-state index in [-0.39, 0.29) is 37.7 Å². The number of rotatable bonds is 11. The predicted molar refractivity (Wildman–Crippen MR) is 133 cm³/mol. The van der Waals surface area contributed by atoms with E-state index in [0.29, 0.717) is 5.56 Å². The second-order valence-corrected chi connectivity index (χ2v) is 10.9. The van der Waals surface area contributed by atoms with Crippen molar-refractivity contribution < 1.29 is 35.6 Å². The van der Waals surface area contributed by atoms with Crippen molar-refractivity contribution in [3.63, 3.8) is 0 Å². The van der Waals surface area contributed by atoms with Crippen LogP contribution in [0.3, 0.4) is 0 Å². The van der Waals surface area contributed by atoms with Gasteiger partial charge in [-0.3, -0.25) is 13.9 Å². The van der Waals surface area contributed by atoms with Gasteiger partial charge in [0.15, 0.2) is 0 Å². The van der Waals surface area contributed by atoms with Crippen molar-refractivity contribution in [1.82, 2.24) is 10.2 Å². The molecule has 1 unspecified atom stereocenters. The van der Waals surface area contributed by atoms with Crippen molar-refractivity contribution in [1.29, 1.82) is 0 Å². The molecule has 0 fully saturated rings. The van der Waals surface area contributed by atoms with E-state index in [4.69, 9.17) is 0 Å². The molecule has 1 atom stereocenters. The van der Waals surface area contributed by atoms with E-state index < -0.39 is 45.4 Å². The molecule has 2 aromatic carbocycles. The fourth-order valence-electron chi connectivity index (χ4n) is 3.62. The molecule has 2 amide bonds. The largest absolute Gasteiger partial charge is 0.416 e.